The number of likely N-dealkylation sites (tertiary alicyclic amines) is 2. The Morgan fingerprint density at radius 3 is 1.44 bits per heavy atom. The number of nitrogens with one attached hydrogen (secondary N) is 1. The molecule has 2 aliphatic heterocycles. The number of piperidine rings is 2. The first kappa shape index (κ1) is 54.7. The molecule has 2 saturated heterocycles. The smallest absolute Gasteiger partial charge is 0.254 e. The zero-order valence-electron chi connectivity index (χ0n) is 44.0. The van der Waals surface area contributed by atoms with E-state index in [-0.39, 0.29) is 31.2 Å². The van der Waals surface area contributed by atoms with Gasteiger partial charge in [-0.05, 0) is 127 Å². The Bertz CT molecular complexity index is 2660. The number of carbonyl (C=O) groups excluding carboxylic acids is 1. The third-order valence-electron chi connectivity index (χ3n) is 14.7. The van der Waals surface area contributed by atoms with Crippen molar-refractivity contribution in [2.45, 2.75) is 109 Å². The molecular weight excluding hydrogens is 929 g/mol. The third kappa shape index (κ3) is 17.0. The van der Waals surface area contributed by atoms with Gasteiger partial charge in [0.2, 0.25) is 0 Å². The molecule has 0 bridgehead atoms. The highest BCUT2D eigenvalue weighted by atomic mass is 16.5. The molecule has 2 atom stereocenters. The van der Waals surface area contributed by atoms with Gasteiger partial charge in [-0.2, -0.15) is 0 Å². The molecule has 9 nitrogen and oxygen atoms in total. The Morgan fingerprint density at radius 1 is 0.533 bits per heavy atom. The van der Waals surface area contributed by atoms with Crippen molar-refractivity contribution < 1.29 is 24.5 Å². The molecule has 3 N–H and O–H groups in total. The van der Waals surface area contributed by atoms with Crippen LogP contribution in [0.4, 0.5) is 0 Å². The molecule has 9 heteroatoms. The first-order chi connectivity index (χ1) is 36.9. The van der Waals surface area contributed by atoms with Gasteiger partial charge in [-0.25, -0.2) is 0 Å². The van der Waals surface area contributed by atoms with E-state index >= 15 is 0 Å². The zero-order chi connectivity index (χ0) is 51.9. The fourth-order valence-corrected chi connectivity index (χ4v) is 10.4. The Labute approximate surface area is 446 Å². The Morgan fingerprint density at radius 2 is 0.987 bits per heavy atom. The molecule has 0 aromatic heterocycles. The van der Waals surface area contributed by atoms with Crippen LogP contribution in [0.3, 0.4) is 0 Å². The van der Waals surface area contributed by atoms with E-state index in [0.717, 1.165) is 112 Å². The van der Waals surface area contributed by atoms with Crippen LogP contribution in [0.1, 0.15) is 113 Å². The Hall–Kier alpha value is -6.59. The van der Waals surface area contributed by atoms with Gasteiger partial charge in [0, 0.05) is 43.8 Å². The molecule has 0 unspecified atom stereocenters. The first-order valence-electron chi connectivity index (χ1n) is 27.4. The van der Waals surface area contributed by atoms with Crippen molar-refractivity contribution in [3.8, 4) is 11.5 Å². The van der Waals surface area contributed by atoms with E-state index in [1.54, 1.807) is 0 Å². The SMILES string of the molecule is CCCCCc1ccc(C(=O)N(C2CCN(Cc3ccccc3)CC2)[C@H](CO)c2ccc(OCc3ccccc3)cc2)cc1.OC[C@@H](NC1CCN(Cc2ccccc2)CC1)c1ccc(OCc2ccccc2)cc1. The number of unbranched alkanes of at least 4 members (excludes halogenated alkanes) is 2. The van der Waals surface area contributed by atoms with Gasteiger partial charge in [-0.1, -0.05) is 177 Å². The number of aryl methyl sites for hydroxylation is 1. The van der Waals surface area contributed by atoms with Gasteiger partial charge in [-0.15, -0.1) is 0 Å². The maximum absolute atomic E-state index is 14.3. The molecule has 0 saturated carbocycles. The average molecular weight is 1010 g/mol. The van der Waals surface area contributed by atoms with Gasteiger partial charge in [0.05, 0.1) is 25.3 Å². The van der Waals surface area contributed by atoms with E-state index in [4.69, 9.17) is 9.47 Å². The highest BCUT2D eigenvalue weighted by molar-refractivity contribution is 5.94. The van der Waals surface area contributed by atoms with Crippen LogP contribution in [0.25, 0.3) is 0 Å². The summed E-state index contributed by atoms with van der Waals surface area (Å²) in [6.07, 6.45) is 8.52. The van der Waals surface area contributed by atoms with Crippen LogP contribution in [0, 0.1) is 0 Å². The number of amides is 1. The van der Waals surface area contributed by atoms with Crippen LogP contribution < -0.4 is 14.8 Å². The minimum absolute atomic E-state index is 0.0185. The fraction of sp³-hybridized carbons (Fsp3) is 0.348. The average Bonchev–Trinajstić information content (AvgIpc) is 3.47. The van der Waals surface area contributed by atoms with E-state index in [1.165, 1.54) is 29.5 Å². The minimum Gasteiger partial charge on any atom is -0.489 e. The molecule has 0 aliphatic carbocycles. The quantitative estimate of drug-likeness (QED) is 0.0545. The van der Waals surface area contributed by atoms with Crippen LogP contribution >= 0.6 is 0 Å². The topological polar surface area (TPSA) is 97.7 Å². The number of aliphatic hydroxyl groups excluding tert-OH is 2. The third-order valence-corrected chi connectivity index (χ3v) is 14.7. The van der Waals surface area contributed by atoms with Gasteiger partial charge >= 0.3 is 0 Å². The minimum atomic E-state index is -0.444. The molecule has 392 valence electrons. The summed E-state index contributed by atoms with van der Waals surface area (Å²) in [5, 5.41) is 24.4. The summed E-state index contributed by atoms with van der Waals surface area (Å²) in [5.41, 5.74) is 8.89. The predicted molar refractivity (Wildman–Crippen MR) is 303 cm³/mol. The molecule has 1 amide bonds. The number of carbonyl (C=O) groups is 1. The lowest BCUT2D eigenvalue weighted by Crippen LogP contribution is -2.49. The number of nitrogens with zero attached hydrogens (tertiary/aromatic N) is 3. The molecule has 7 aromatic carbocycles. The second-order valence-electron chi connectivity index (χ2n) is 20.2. The summed E-state index contributed by atoms with van der Waals surface area (Å²) >= 11 is 0. The van der Waals surface area contributed by atoms with Crippen LogP contribution in [-0.4, -0.2) is 82.3 Å². The fourth-order valence-electron chi connectivity index (χ4n) is 10.4. The molecule has 0 radical (unpaired) electrons. The molecule has 2 aliphatic rings. The van der Waals surface area contributed by atoms with Crippen LogP contribution in [0.5, 0.6) is 11.5 Å². The van der Waals surface area contributed by atoms with Crippen molar-refractivity contribution in [1.29, 1.82) is 0 Å². The second-order valence-corrected chi connectivity index (χ2v) is 20.2. The van der Waals surface area contributed by atoms with Crippen LogP contribution in [-0.2, 0) is 32.7 Å². The summed E-state index contributed by atoms with van der Waals surface area (Å²) in [4.78, 5) is 21.2. The summed E-state index contributed by atoms with van der Waals surface area (Å²) in [6.45, 7) is 9.11. The largest absolute Gasteiger partial charge is 0.489 e. The molecule has 2 fully saturated rings. The van der Waals surface area contributed by atoms with Gasteiger partial charge in [-0.3, -0.25) is 14.6 Å². The van der Waals surface area contributed by atoms with E-state index in [2.05, 4.69) is 113 Å². The van der Waals surface area contributed by atoms with Crippen molar-refractivity contribution in [3.63, 3.8) is 0 Å². The maximum Gasteiger partial charge on any atom is 0.254 e. The van der Waals surface area contributed by atoms with Crippen molar-refractivity contribution in [3.05, 3.63) is 239 Å². The van der Waals surface area contributed by atoms with E-state index < -0.39 is 6.04 Å². The Kier molecular flexibility index (Phi) is 21.5. The van der Waals surface area contributed by atoms with Gasteiger partial charge in [0.1, 0.15) is 24.7 Å². The number of benzene rings is 7. The second kappa shape index (κ2) is 29.5. The summed E-state index contributed by atoms with van der Waals surface area (Å²) < 4.78 is 11.9. The standard InChI is InChI=1S/C39H46N2O3.C27H32N2O2/c1-2-3-6-11-31-16-18-35(19-17-31)39(43)41(36-24-26-40(27-25-36)28-32-12-7-4-8-13-32)38(29-42)34-20-22-37(23-21-34)44-30-33-14-9-5-10-15-33;30-20-27(24-11-13-26(14-12-24)31-21-23-9-5-2-6-10-23)28-25-15-17-29(18-16-25)19-22-7-3-1-4-8-22/h4-5,7-10,12-23,36,38,42H,2-3,6,11,24-30H2,1H3;1-14,25,27-28,30H,15-21H2/t38-;27-/m11/s1. The normalized spacial score (nSPS) is 15.3. The summed E-state index contributed by atoms with van der Waals surface area (Å²) in [5.74, 6) is 1.59. The summed E-state index contributed by atoms with van der Waals surface area (Å²) in [6, 6.07) is 65.5. The molecule has 9 rings (SSSR count). The molecule has 2 heterocycles. The highest BCUT2D eigenvalue weighted by Crippen LogP contribution is 2.32. The predicted octanol–water partition coefficient (Wildman–Crippen LogP) is 12.4. The van der Waals surface area contributed by atoms with Crippen molar-refractivity contribution in [2.75, 3.05) is 39.4 Å². The van der Waals surface area contributed by atoms with Gasteiger partial charge in [0.25, 0.3) is 5.91 Å². The number of hydrogen-bond acceptors (Lipinski definition) is 8. The van der Waals surface area contributed by atoms with Crippen molar-refractivity contribution >= 4 is 5.91 Å². The number of ether oxygens (including phenoxy) is 2. The van der Waals surface area contributed by atoms with Crippen LogP contribution in [0.2, 0.25) is 0 Å². The maximum atomic E-state index is 14.3. The first-order valence-corrected chi connectivity index (χ1v) is 27.4. The number of aliphatic hydroxyl groups is 2. The zero-order valence-corrected chi connectivity index (χ0v) is 44.0. The molecule has 75 heavy (non-hydrogen) atoms. The highest BCUT2D eigenvalue weighted by Gasteiger charge is 2.34. The molecule has 0 spiro atoms. The van der Waals surface area contributed by atoms with Crippen molar-refractivity contribution in [2.24, 2.45) is 0 Å². The van der Waals surface area contributed by atoms with E-state index in [1.807, 2.05) is 108 Å². The van der Waals surface area contributed by atoms with Gasteiger partial charge < -0.3 is 29.9 Å². The van der Waals surface area contributed by atoms with E-state index in [9.17, 15) is 15.0 Å². The van der Waals surface area contributed by atoms with E-state index in [0.29, 0.717) is 24.8 Å². The number of rotatable bonds is 23. The van der Waals surface area contributed by atoms with Crippen LogP contribution in [0.15, 0.2) is 194 Å². The monoisotopic (exact) mass is 1010 g/mol. The molecular formula is C66H78N4O5. The lowest BCUT2D eigenvalue weighted by atomic mass is 9.95. The molecule has 7 aromatic rings. The Balaban J connectivity index is 0.000000211. The van der Waals surface area contributed by atoms with Gasteiger partial charge in [0.15, 0.2) is 0 Å². The lowest BCUT2D eigenvalue weighted by molar-refractivity contribution is 0.0308. The number of hydrogen-bond donors (Lipinski definition) is 3. The van der Waals surface area contributed by atoms with Crippen molar-refractivity contribution in [1.82, 2.24) is 20.0 Å². The lowest BCUT2D eigenvalue weighted by Gasteiger charge is -2.42. The summed E-state index contributed by atoms with van der Waals surface area (Å²) in [7, 11) is 0.